The predicted molar refractivity (Wildman–Crippen MR) is 73.1 cm³/mol. The molecule has 0 fully saturated rings. The first-order valence-electron chi connectivity index (χ1n) is 6.23. The molecule has 6 nitrogen and oxygen atoms in total. The lowest BCUT2D eigenvalue weighted by atomic mass is 10.1. The molecule has 0 bridgehead atoms. The Hall–Kier alpha value is -2.89. The first-order valence-corrected chi connectivity index (χ1v) is 6.23. The van der Waals surface area contributed by atoms with Crippen LogP contribution in [0.15, 0.2) is 49.2 Å². The van der Waals surface area contributed by atoms with Gasteiger partial charge in [0.25, 0.3) is 5.78 Å². The van der Waals surface area contributed by atoms with E-state index >= 15 is 0 Å². The SMILES string of the molecule is c1cnc2cc(Cc3cnc4nccnn34)ccc2n1. The van der Waals surface area contributed by atoms with Crippen molar-refractivity contribution in [3.8, 4) is 0 Å². The molecule has 0 unspecified atom stereocenters. The standard InChI is InChI=1S/C14H10N6/c1-2-12-13(16-4-3-15-12)8-10(1)7-11-9-18-14-17-5-6-19-20(11)14/h1-6,8-9H,7H2. The largest absolute Gasteiger partial charge is 0.253 e. The second kappa shape index (κ2) is 4.34. The van der Waals surface area contributed by atoms with Crippen molar-refractivity contribution in [1.82, 2.24) is 29.5 Å². The first kappa shape index (κ1) is 11.0. The molecule has 20 heavy (non-hydrogen) atoms. The summed E-state index contributed by atoms with van der Waals surface area (Å²) in [7, 11) is 0. The van der Waals surface area contributed by atoms with Gasteiger partial charge in [-0.25, -0.2) is 14.5 Å². The van der Waals surface area contributed by atoms with E-state index in [9.17, 15) is 0 Å². The molecule has 0 saturated carbocycles. The van der Waals surface area contributed by atoms with Gasteiger partial charge in [-0.2, -0.15) is 5.10 Å². The van der Waals surface area contributed by atoms with E-state index in [0.717, 1.165) is 28.7 Å². The summed E-state index contributed by atoms with van der Waals surface area (Å²) in [5.41, 5.74) is 3.93. The summed E-state index contributed by atoms with van der Waals surface area (Å²) >= 11 is 0. The van der Waals surface area contributed by atoms with Crippen molar-refractivity contribution in [2.24, 2.45) is 0 Å². The molecule has 96 valence electrons. The number of rotatable bonds is 2. The van der Waals surface area contributed by atoms with Crippen LogP contribution in [0, 0.1) is 0 Å². The molecule has 0 saturated heterocycles. The lowest BCUT2D eigenvalue weighted by Gasteiger charge is -2.02. The van der Waals surface area contributed by atoms with Crippen molar-refractivity contribution in [2.75, 3.05) is 0 Å². The van der Waals surface area contributed by atoms with Crippen molar-refractivity contribution in [1.29, 1.82) is 0 Å². The maximum absolute atomic E-state index is 4.32. The quantitative estimate of drug-likeness (QED) is 0.549. The summed E-state index contributed by atoms with van der Waals surface area (Å²) in [5.74, 6) is 0.614. The van der Waals surface area contributed by atoms with E-state index in [-0.39, 0.29) is 0 Å². The van der Waals surface area contributed by atoms with E-state index in [1.807, 2.05) is 18.2 Å². The van der Waals surface area contributed by atoms with Gasteiger partial charge in [0.15, 0.2) is 0 Å². The minimum absolute atomic E-state index is 0.614. The van der Waals surface area contributed by atoms with E-state index in [4.69, 9.17) is 0 Å². The van der Waals surface area contributed by atoms with Crippen LogP contribution in [0.1, 0.15) is 11.3 Å². The average molecular weight is 262 g/mol. The van der Waals surface area contributed by atoms with Crippen LogP contribution in [0.5, 0.6) is 0 Å². The Kier molecular flexibility index (Phi) is 2.38. The smallest absolute Gasteiger partial charge is 0.250 e. The second-order valence-electron chi connectivity index (χ2n) is 4.46. The Morgan fingerprint density at radius 3 is 2.65 bits per heavy atom. The summed E-state index contributed by atoms with van der Waals surface area (Å²) in [4.78, 5) is 17.0. The first-order chi connectivity index (χ1) is 9.90. The Bertz CT molecular complexity index is 898. The van der Waals surface area contributed by atoms with Gasteiger partial charge in [-0.1, -0.05) is 6.07 Å². The van der Waals surface area contributed by atoms with Crippen LogP contribution in [-0.2, 0) is 6.42 Å². The van der Waals surface area contributed by atoms with Crippen molar-refractivity contribution in [2.45, 2.75) is 6.42 Å². The van der Waals surface area contributed by atoms with E-state index in [0.29, 0.717) is 5.78 Å². The molecule has 0 N–H and O–H groups in total. The highest BCUT2D eigenvalue weighted by Gasteiger charge is 2.06. The lowest BCUT2D eigenvalue weighted by Crippen LogP contribution is -1.99. The van der Waals surface area contributed by atoms with Crippen molar-refractivity contribution < 1.29 is 0 Å². The fourth-order valence-electron chi connectivity index (χ4n) is 2.23. The van der Waals surface area contributed by atoms with Gasteiger partial charge < -0.3 is 0 Å². The van der Waals surface area contributed by atoms with Crippen LogP contribution in [0.25, 0.3) is 16.8 Å². The zero-order chi connectivity index (χ0) is 13.4. The molecular weight excluding hydrogens is 252 g/mol. The van der Waals surface area contributed by atoms with E-state index < -0.39 is 0 Å². The van der Waals surface area contributed by atoms with Gasteiger partial charge in [-0.15, -0.1) is 0 Å². The van der Waals surface area contributed by atoms with E-state index in [1.54, 1.807) is 35.5 Å². The monoisotopic (exact) mass is 262 g/mol. The Balaban J connectivity index is 1.76. The fourth-order valence-corrected chi connectivity index (χ4v) is 2.23. The van der Waals surface area contributed by atoms with Crippen molar-refractivity contribution >= 4 is 16.8 Å². The highest BCUT2D eigenvalue weighted by atomic mass is 15.3. The number of hydrogen-bond donors (Lipinski definition) is 0. The van der Waals surface area contributed by atoms with Crippen molar-refractivity contribution in [3.05, 3.63) is 60.4 Å². The van der Waals surface area contributed by atoms with Crippen LogP contribution in [0.2, 0.25) is 0 Å². The number of aromatic nitrogens is 6. The zero-order valence-electron chi connectivity index (χ0n) is 10.5. The molecule has 1 aromatic carbocycles. The van der Waals surface area contributed by atoms with Crippen LogP contribution in [0.4, 0.5) is 0 Å². The van der Waals surface area contributed by atoms with Gasteiger partial charge in [-0.05, 0) is 17.7 Å². The third-order valence-corrected chi connectivity index (χ3v) is 3.15. The van der Waals surface area contributed by atoms with Crippen LogP contribution in [-0.4, -0.2) is 29.5 Å². The third-order valence-electron chi connectivity index (χ3n) is 3.15. The fraction of sp³-hybridized carbons (Fsp3) is 0.0714. The normalized spacial score (nSPS) is 11.2. The number of nitrogens with zero attached hydrogens (tertiary/aromatic N) is 6. The maximum atomic E-state index is 4.32. The van der Waals surface area contributed by atoms with Crippen LogP contribution in [0.3, 0.4) is 0 Å². The summed E-state index contributed by atoms with van der Waals surface area (Å²) in [6, 6.07) is 6.07. The highest BCUT2D eigenvalue weighted by Crippen LogP contribution is 2.14. The van der Waals surface area contributed by atoms with Gasteiger partial charge in [0.2, 0.25) is 0 Å². The Morgan fingerprint density at radius 1 is 0.850 bits per heavy atom. The van der Waals surface area contributed by atoms with Crippen molar-refractivity contribution in [3.63, 3.8) is 0 Å². The molecular formula is C14H10N6. The molecule has 3 heterocycles. The lowest BCUT2D eigenvalue weighted by molar-refractivity contribution is 0.849. The minimum Gasteiger partial charge on any atom is -0.253 e. The highest BCUT2D eigenvalue weighted by molar-refractivity contribution is 5.74. The molecule has 0 aliphatic carbocycles. The predicted octanol–water partition coefficient (Wildman–Crippen LogP) is 1.66. The minimum atomic E-state index is 0.614. The summed E-state index contributed by atoms with van der Waals surface area (Å²) in [6.07, 6.45) is 9.22. The Labute approximate surface area is 114 Å². The maximum Gasteiger partial charge on any atom is 0.250 e. The zero-order valence-corrected chi connectivity index (χ0v) is 10.5. The number of fused-ring (bicyclic) bond motifs is 2. The molecule has 4 rings (SSSR count). The summed E-state index contributed by atoms with van der Waals surface area (Å²) in [5, 5.41) is 4.26. The summed E-state index contributed by atoms with van der Waals surface area (Å²) in [6.45, 7) is 0. The van der Waals surface area contributed by atoms with Gasteiger partial charge in [0.1, 0.15) is 0 Å². The van der Waals surface area contributed by atoms with Crippen LogP contribution >= 0.6 is 0 Å². The molecule has 0 radical (unpaired) electrons. The number of benzene rings is 1. The molecule has 0 atom stereocenters. The van der Waals surface area contributed by atoms with E-state index in [1.165, 1.54) is 0 Å². The second-order valence-corrected chi connectivity index (χ2v) is 4.46. The Morgan fingerprint density at radius 2 is 1.70 bits per heavy atom. The number of imidazole rings is 1. The third kappa shape index (κ3) is 1.78. The molecule has 0 amide bonds. The van der Waals surface area contributed by atoms with Gasteiger partial charge >= 0.3 is 0 Å². The van der Waals surface area contributed by atoms with Gasteiger partial charge in [-0.3, -0.25) is 9.97 Å². The van der Waals surface area contributed by atoms with Crippen LogP contribution < -0.4 is 0 Å². The number of hydrogen-bond acceptors (Lipinski definition) is 5. The molecule has 0 spiro atoms. The molecule has 0 aliphatic heterocycles. The van der Waals surface area contributed by atoms with Gasteiger partial charge in [0.05, 0.1) is 35.3 Å². The van der Waals surface area contributed by atoms with E-state index in [2.05, 4.69) is 25.0 Å². The molecule has 3 aromatic heterocycles. The molecule has 0 aliphatic rings. The summed E-state index contributed by atoms with van der Waals surface area (Å²) < 4.78 is 1.75. The topological polar surface area (TPSA) is 68.9 Å². The van der Waals surface area contributed by atoms with Gasteiger partial charge in [0, 0.05) is 18.8 Å². The average Bonchev–Trinajstić information content (AvgIpc) is 2.91. The molecule has 4 aromatic rings. The molecule has 6 heteroatoms.